The van der Waals surface area contributed by atoms with Crippen molar-refractivity contribution in [3.05, 3.63) is 23.8 Å². The van der Waals surface area contributed by atoms with Crippen molar-refractivity contribution < 1.29 is 4.74 Å². The number of nitrogens with zero attached hydrogens (tertiary/aromatic N) is 4. The van der Waals surface area contributed by atoms with Gasteiger partial charge in [0.05, 0.1) is 12.1 Å². The number of tetrazole rings is 1. The fraction of sp³-hybridized carbons (Fsp3) is 0.500. The van der Waals surface area contributed by atoms with E-state index >= 15 is 0 Å². The zero-order chi connectivity index (χ0) is 14.2. The number of para-hydroxylation sites is 1. The Morgan fingerprint density at radius 2 is 2.20 bits per heavy atom. The van der Waals surface area contributed by atoms with Gasteiger partial charge in [-0.2, -0.15) is 0 Å². The number of aryl methyl sites for hydroxylation is 1. The van der Waals surface area contributed by atoms with Gasteiger partial charge in [-0.1, -0.05) is 12.1 Å². The molecule has 1 saturated carbocycles. The number of nitrogen functional groups attached to an aromatic ring is 1. The minimum Gasteiger partial charge on any atom is -0.398 e. The lowest BCUT2D eigenvalue weighted by Gasteiger charge is -2.40. The zero-order valence-corrected chi connectivity index (χ0v) is 11.8. The molecule has 0 saturated heterocycles. The smallest absolute Gasteiger partial charge is 0.184 e. The van der Waals surface area contributed by atoms with Gasteiger partial charge in [0.2, 0.25) is 0 Å². The van der Waals surface area contributed by atoms with E-state index in [1.54, 1.807) is 11.8 Å². The molecule has 2 N–H and O–H groups in total. The van der Waals surface area contributed by atoms with Gasteiger partial charge in [-0.15, -0.1) is 5.10 Å². The van der Waals surface area contributed by atoms with E-state index in [2.05, 4.69) is 15.5 Å². The third-order valence-corrected chi connectivity index (χ3v) is 4.23. The number of rotatable bonds is 4. The van der Waals surface area contributed by atoms with Crippen molar-refractivity contribution in [1.82, 2.24) is 20.2 Å². The molecule has 3 rings (SSSR count). The van der Waals surface area contributed by atoms with Crippen molar-refractivity contribution in [2.75, 3.05) is 12.8 Å². The molecule has 0 atom stereocenters. The fourth-order valence-electron chi connectivity index (χ4n) is 2.65. The van der Waals surface area contributed by atoms with Gasteiger partial charge in [-0.05, 0) is 48.2 Å². The van der Waals surface area contributed by atoms with Gasteiger partial charge in [0.25, 0.3) is 0 Å². The Hall–Kier alpha value is -1.95. The predicted octanol–water partition coefficient (Wildman–Crippen LogP) is 1.80. The quantitative estimate of drug-likeness (QED) is 0.859. The molecule has 0 amide bonds. The molecule has 0 aliphatic heterocycles. The standard InChI is InChI=1S/C14H19N5O/c1-10-5-3-6-11(12(10)15)13-16-17-18-19(13)9-14(20-2)7-4-8-14/h3,5-6H,4,7-9,15H2,1-2H3. The normalized spacial score (nSPS) is 16.9. The lowest BCUT2D eigenvalue weighted by molar-refractivity contribution is -0.0855. The molecule has 0 spiro atoms. The van der Waals surface area contributed by atoms with Gasteiger partial charge in [0, 0.05) is 18.4 Å². The Kier molecular flexibility index (Phi) is 3.17. The number of nitrogens with two attached hydrogens (primary N) is 1. The minimum absolute atomic E-state index is 0.122. The highest BCUT2D eigenvalue weighted by atomic mass is 16.5. The van der Waals surface area contributed by atoms with Crippen LogP contribution in [0.5, 0.6) is 0 Å². The first kappa shape index (κ1) is 13.1. The van der Waals surface area contributed by atoms with Crippen LogP contribution in [0.15, 0.2) is 18.2 Å². The summed E-state index contributed by atoms with van der Waals surface area (Å²) >= 11 is 0. The molecule has 6 heteroatoms. The van der Waals surface area contributed by atoms with Crippen molar-refractivity contribution >= 4 is 5.69 Å². The average Bonchev–Trinajstić information content (AvgIpc) is 2.85. The summed E-state index contributed by atoms with van der Waals surface area (Å²) in [5.41, 5.74) is 8.65. The second-order valence-electron chi connectivity index (χ2n) is 5.44. The number of methoxy groups -OCH3 is 1. The Balaban J connectivity index is 1.96. The molecule has 20 heavy (non-hydrogen) atoms. The Bertz CT molecular complexity index is 612. The largest absolute Gasteiger partial charge is 0.398 e. The lowest BCUT2D eigenvalue weighted by atomic mass is 9.80. The second kappa shape index (κ2) is 4.86. The summed E-state index contributed by atoms with van der Waals surface area (Å²) in [6, 6.07) is 5.90. The van der Waals surface area contributed by atoms with Crippen LogP contribution < -0.4 is 5.73 Å². The van der Waals surface area contributed by atoms with E-state index in [4.69, 9.17) is 10.5 Å². The maximum Gasteiger partial charge on any atom is 0.184 e. The van der Waals surface area contributed by atoms with Crippen LogP contribution in [0.4, 0.5) is 5.69 Å². The highest BCUT2D eigenvalue weighted by molar-refractivity contribution is 5.73. The molecule has 0 radical (unpaired) electrons. The van der Waals surface area contributed by atoms with Crippen LogP contribution in [0, 0.1) is 6.92 Å². The Labute approximate surface area is 117 Å². The number of ether oxygens (including phenoxy) is 1. The van der Waals surface area contributed by atoms with Gasteiger partial charge in [0.15, 0.2) is 5.82 Å². The van der Waals surface area contributed by atoms with Gasteiger partial charge in [-0.25, -0.2) is 4.68 Å². The van der Waals surface area contributed by atoms with Crippen LogP contribution in [0.25, 0.3) is 11.4 Å². The number of anilines is 1. The highest BCUT2D eigenvalue weighted by Gasteiger charge is 2.38. The van der Waals surface area contributed by atoms with Crippen molar-refractivity contribution in [1.29, 1.82) is 0 Å². The zero-order valence-electron chi connectivity index (χ0n) is 11.8. The summed E-state index contributed by atoms with van der Waals surface area (Å²) < 4.78 is 7.44. The van der Waals surface area contributed by atoms with E-state index in [1.807, 2.05) is 25.1 Å². The summed E-state index contributed by atoms with van der Waals surface area (Å²) in [5, 5.41) is 12.0. The first-order chi connectivity index (χ1) is 9.65. The monoisotopic (exact) mass is 273 g/mol. The topological polar surface area (TPSA) is 78.8 Å². The molecule has 1 aliphatic rings. The van der Waals surface area contributed by atoms with Gasteiger partial charge < -0.3 is 10.5 Å². The van der Waals surface area contributed by atoms with Crippen molar-refractivity contribution in [2.24, 2.45) is 0 Å². The van der Waals surface area contributed by atoms with Crippen molar-refractivity contribution in [3.8, 4) is 11.4 Å². The molecular formula is C14H19N5O. The second-order valence-corrected chi connectivity index (χ2v) is 5.44. The molecule has 2 aromatic rings. The Morgan fingerprint density at radius 3 is 2.85 bits per heavy atom. The van der Waals surface area contributed by atoms with Crippen LogP contribution in [0.2, 0.25) is 0 Å². The van der Waals surface area contributed by atoms with Crippen LogP contribution in [0.3, 0.4) is 0 Å². The molecule has 1 aromatic carbocycles. The third-order valence-electron chi connectivity index (χ3n) is 4.23. The van der Waals surface area contributed by atoms with Crippen molar-refractivity contribution in [2.45, 2.75) is 38.3 Å². The van der Waals surface area contributed by atoms with Crippen LogP contribution >= 0.6 is 0 Å². The summed E-state index contributed by atoms with van der Waals surface area (Å²) in [5.74, 6) is 0.703. The third kappa shape index (κ3) is 2.06. The van der Waals surface area contributed by atoms with Crippen molar-refractivity contribution in [3.63, 3.8) is 0 Å². The average molecular weight is 273 g/mol. The van der Waals surface area contributed by atoms with Gasteiger partial charge in [0.1, 0.15) is 0 Å². The first-order valence-electron chi connectivity index (χ1n) is 6.82. The molecule has 1 aliphatic carbocycles. The molecule has 1 aromatic heterocycles. The number of benzene rings is 1. The SMILES string of the molecule is COC1(Cn2nnnc2-c2cccc(C)c2N)CCC1. The first-order valence-corrected chi connectivity index (χ1v) is 6.82. The van der Waals surface area contributed by atoms with E-state index in [-0.39, 0.29) is 5.60 Å². The van der Waals surface area contributed by atoms with Crippen LogP contribution in [-0.4, -0.2) is 32.9 Å². The predicted molar refractivity (Wildman–Crippen MR) is 76.0 cm³/mol. The maximum atomic E-state index is 6.15. The highest BCUT2D eigenvalue weighted by Crippen LogP contribution is 2.37. The molecular weight excluding hydrogens is 254 g/mol. The van der Waals surface area contributed by atoms with E-state index in [9.17, 15) is 0 Å². The van der Waals surface area contributed by atoms with E-state index < -0.39 is 0 Å². The number of aromatic nitrogens is 4. The summed E-state index contributed by atoms with van der Waals surface area (Å²) in [7, 11) is 1.75. The maximum absolute atomic E-state index is 6.15. The molecule has 0 bridgehead atoms. The fourth-order valence-corrected chi connectivity index (χ4v) is 2.65. The molecule has 1 heterocycles. The number of hydrogen-bond donors (Lipinski definition) is 1. The van der Waals surface area contributed by atoms with Gasteiger partial charge >= 0.3 is 0 Å². The van der Waals surface area contributed by atoms with Gasteiger partial charge in [-0.3, -0.25) is 0 Å². The van der Waals surface area contributed by atoms with E-state index in [1.165, 1.54) is 6.42 Å². The van der Waals surface area contributed by atoms with E-state index in [0.717, 1.165) is 29.7 Å². The van der Waals surface area contributed by atoms with Crippen LogP contribution in [-0.2, 0) is 11.3 Å². The molecule has 0 unspecified atom stereocenters. The lowest BCUT2D eigenvalue weighted by Crippen LogP contribution is -2.43. The number of hydrogen-bond acceptors (Lipinski definition) is 5. The minimum atomic E-state index is -0.122. The summed E-state index contributed by atoms with van der Waals surface area (Å²) in [6.45, 7) is 2.65. The summed E-state index contributed by atoms with van der Waals surface area (Å²) in [6.07, 6.45) is 3.29. The Morgan fingerprint density at radius 1 is 1.40 bits per heavy atom. The van der Waals surface area contributed by atoms with Crippen LogP contribution in [0.1, 0.15) is 24.8 Å². The van der Waals surface area contributed by atoms with E-state index in [0.29, 0.717) is 12.4 Å². The molecule has 6 nitrogen and oxygen atoms in total. The molecule has 106 valence electrons. The molecule has 1 fully saturated rings. The summed E-state index contributed by atoms with van der Waals surface area (Å²) in [4.78, 5) is 0.